The van der Waals surface area contributed by atoms with Gasteiger partial charge in [-0.1, -0.05) is 18.0 Å². The fourth-order valence-electron chi connectivity index (χ4n) is 4.25. The predicted molar refractivity (Wildman–Crippen MR) is 94.2 cm³/mol. The van der Waals surface area contributed by atoms with E-state index >= 15 is 0 Å². The minimum atomic E-state index is 0.162. The minimum absolute atomic E-state index is 0.162. The van der Waals surface area contributed by atoms with Gasteiger partial charge in [-0.15, -0.1) is 0 Å². The number of aryl methyl sites for hydroxylation is 1. The number of nitrogens with zero attached hydrogens (tertiary/aromatic N) is 3. The molecule has 1 amide bonds. The van der Waals surface area contributed by atoms with Gasteiger partial charge < -0.3 is 14.7 Å². The summed E-state index contributed by atoms with van der Waals surface area (Å²) >= 11 is 0. The first-order valence-electron chi connectivity index (χ1n) is 10.1. The van der Waals surface area contributed by atoms with Crippen molar-refractivity contribution >= 4 is 5.91 Å². The maximum atomic E-state index is 12.2. The van der Waals surface area contributed by atoms with Crippen molar-refractivity contribution in [2.45, 2.75) is 76.2 Å². The number of nitrogens with one attached hydrogen (secondary N) is 1. The molecule has 0 radical (unpaired) electrons. The first kappa shape index (κ1) is 17.0. The lowest BCUT2D eigenvalue weighted by Gasteiger charge is -2.20. The van der Waals surface area contributed by atoms with Crippen LogP contribution in [0.25, 0.3) is 0 Å². The van der Waals surface area contributed by atoms with E-state index in [0.29, 0.717) is 30.7 Å². The van der Waals surface area contributed by atoms with Crippen LogP contribution in [0.1, 0.15) is 75.4 Å². The quantitative estimate of drug-likeness (QED) is 0.783. The molecule has 1 unspecified atom stereocenters. The minimum Gasteiger partial charge on any atom is -0.352 e. The Labute approximate surface area is 149 Å². The van der Waals surface area contributed by atoms with E-state index < -0.39 is 0 Å². The van der Waals surface area contributed by atoms with E-state index in [2.05, 4.69) is 20.4 Å². The van der Waals surface area contributed by atoms with Gasteiger partial charge in [0, 0.05) is 44.4 Å². The number of rotatable bonds is 8. The van der Waals surface area contributed by atoms with Crippen LogP contribution in [0.15, 0.2) is 4.52 Å². The average Bonchev–Trinajstić information content (AvgIpc) is 3.00. The molecule has 1 atom stereocenters. The molecule has 2 heterocycles. The molecular formula is C19H30N4O2. The highest BCUT2D eigenvalue weighted by molar-refractivity contribution is 5.76. The van der Waals surface area contributed by atoms with Gasteiger partial charge in [-0.2, -0.15) is 4.98 Å². The van der Waals surface area contributed by atoms with Crippen LogP contribution in [0, 0.1) is 5.92 Å². The van der Waals surface area contributed by atoms with E-state index in [-0.39, 0.29) is 5.91 Å². The lowest BCUT2D eigenvalue weighted by atomic mass is 10.1. The van der Waals surface area contributed by atoms with E-state index in [9.17, 15) is 4.79 Å². The topological polar surface area (TPSA) is 71.3 Å². The van der Waals surface area contributed by atoms with Crippen molar-refractivity contribution in [2.75, 3.05) is 19.6 Å². The van der Waals surface area contributed by atoms with Crippen LogP contribution in [0.5, 0.6) is 0 Å². The molecule has 3 aliphatic rings. The standard InChI is InChI=1S/C19H30N4O2/c24-17(6-3-7-18-21-19(22-25-18)15-8-9-15)20-16-10-11-23(13-16)12-14-4-1-2-5-14/h14-16H,1-13H2,(H,20,24). The van der Waals surface area contributed by atoms with Crippen LogP contribution in [-0.4, -0.2) is 46.6 Å². The molecule has 0 bridgehead atoms. The van der Waals surface area contributed by atoms with E-state index in [4.69, 9.17) is 4.52 Å². The zero-order valence-corrected chi connectivity index (χ0v) is 15.1. The monoisotopic (exact) mass is 346 g/mol. The number of carbonyl (C=O) groups is 1. The maximum Gasteiger partial charge on any atom is 0.226 e. The Morgan fingerprint density at radius 3 is 2.84 bits per heavy atom. The van der Waals surface area contributed by atoms with E-state index in [1.165, 1.54) is 45.1 Å². The molecule has 0 aromatic carbocycles. The molecule has 6 nitrogen and oxygen atoms in total. The maximum absolute atomic E-state index is 12.2. The number of hydrogen-bond donors (Lipinski definition) is 1. The van der Waals surface area contributed by atoms with Crippen LogP contribution < -0.4 is 5.32 Å². The molecule has 3 fully saturated rings. The van der Waals surface area contributed by atoms with Crippen molar-refractivity contribution in [3.63, 3.8) is 0 Å². The van der Waals surface area contributed by atoms with Gasteiger partial charge in [0.05, 0.1) is 0 Å². The smallest absolute Gasteiger partial charge is 0.226 e. The zero-order valence-electron chi connectivity index (χ0n) is 15.1. The molecule has 1 aliphatic heterocycles. The molecule has 1 aromatic heterocycles. The van der Waals surface area contributed by atoms with Gasteiger partial charge in [-0.05, 0) is 44.4 Å². The summed E-state index contributed by atoms with van der Waals surface area (Å²) in [5, 5.41) is 7.22. The van der Waals surface area contributed by atoms with Gasteiger partial charge in [0.2, 0.25) is 11.8 Å². The second kappa shape index (κ2) is 7.85. The molecule has 1 N–H and O–H groups in total. The molecule has 0 spiro atoms. The molecule has 2 aliphatic carbocycles. The number of hydrogen-bond acceptors (Lipinski definition) is 5. The Kier molecular flexibility index (Phi) is 5.34. The largest absolute Gasteiger partial charge is 0.352 e. The number of carbonyl (C=O) groups excluding carboxylic acids is 1. The molecule has 1 saturated heterocycles. The van der Waals surface area contributed by atoms with Crippen molar-refractivity contribution in [3.05, 3.63) is 11.7 Å². The van der Waals surface area contributed by atoms with Crippen molar-refractivity contribution in [1.29, 1.82) is 0 Å². The van der Waals surface area contributed by atoms with E-state index in [1.54, 1.807) is 0 Å². The van der Waals surface area contributed by atoms with Crippen molar-refractivity contribution in [2.24, 2.45) is 5.92 Å². The normalized spacial score (nSPS) is 24.9. The summed E-state index contributed by atoms with van der Waals surface area (Å²) in [6, 6.07) is 0.332. The SMILES string of the molecule is O=C(CCCc1nc(C2CC2)no1)NC1CCN(CC2CCCC2)C1. The van der Waals surface area contributed by atoms with Crippen LogP contribution >= 0.6 is 0 Å². The summed E-state index contributed by atoms with van der Waals surface area (Å²) in [6.45, 7) is 3.39. The first-order chi connectivity index (χ1) is 12.3. The lowest BCUT2D eigenvalue weighted by molar-refractivity contribution is -0.121. The predicted octanol–water partition coefficient (Wildman–Crippen LogP) is 2.65. The zero-order chi connectivity index (χ0) is 17.1. The second-order valence-corrected chi connectivity index (χ2v) is 8.14. The van der Waals surface area contributed by atoms with Crippen molar-refractivity contribution in [3.8, 4) is 0 Å². The van der Waals surface area contributed by atoms with Crippen LogP contribution in [-0.2, 0) is 11.2 Å². The molecule has 138 valence electrons. The highest BCUT2D eigenvalue weighted by atomic mass is 16.5. The third-order valence-corrected chi connectivity index (χ3v) is 5.85. The Morgan fingerprint density at radius 1 is 1.20 bits per heavy atom. The number of amides is 1. The molecule has 25 heavy (non-hydrogen) atoms. The number of likely N-dealkylation sites (tertiary alicyclic amines) is 1. The van der Waals surface area contributed by atoms with E-state index in [0.717, 1.165) is 37.7 Å². The van der Waals surface area contributed by atoms with E-state index in [1.807, 2.05) is 0 Å². The third kappa shape index (κ3) is 4.81. The van der Waals surface area contributed by atoms with Gasteiger partial charge in [-0.25, -0.2) is 0 Å². The summed E-state index contributed by atoms with van der Waals surface area (Å²) in [5.74, 6) is 3.11. The van der Waals surface area contributed by atoms with Crippen LogP contribution in [0.3, 0.4) is 0 Å². The van der Waals surface area contributed by atoms with Gasteiger partial charge >= 0.3 is 0 Å². The molecule has 2 saturated carbocycles. The van der Waals surface area contributed by atoms with Crippen LogP contribution in [0.2, 0.25) is 0 Å². The van der Waals surface area contributed by atoms with Crippen molar-refractivity contribution in [1.82, 2.24) is 20.4 Å². The molecule has 1 aromatic rings. The second-order valence-electron chi connectivity index (χ2n) is 8.14. The summed E-state index contributed by atoms with van der Waals surface area (Å²) in [6.07, 6.45) is 11.1. The van der Waals surface area contributed by atoms with Gasteiger partial charge in [-0.3, -0.25) is 4.79 Å². The first-order valence-corrected chi connectivity index (χ1v) is 10.1. The highest BCUT2D eigenvalue weighted by Gasteiger charge is 2.29. The Bertz CT molecular complexity index is 578. The van der Waals surface area contributed by atoms with Gasteiger partial charge in [0.25, 0.3) is 0 Å². The number of aromatic nitrogens is 2. The van der Waals surface area contributed by atoms with Gasteiger partial charge in [0.15, 0.2) is 5.82 Å². The van der Waals surface area contributed by atoms with Crippen LogP contribution in [0.4, 0.5) is 0 Å². The van der Waals surface area contributed by atoms with Crippen molar-refractivity contribution < 1.29 is 9.32 Å². The fourth-order valence-corrected chi connectivity index (χ4v) is 4.25. The Morgan fingerprint density at radius 2 is 2.04 bits per heavy atom. The summed E-state index contributed by atoms with van der Waals surface area (Å²) < 4.78 is 5.26. The highest BCUT2D eigenvalue weighted by Crippen LogP contribution is 2.38. The lowest BCUT2D eigenvalue weighted by Crippen LogP contribution is -2.37. The fraction of sp³-hybridized carbons (Fsp3) is 0.842. The molecular weight excluding hydrogens is 316 g/mol. The Hall–Kier alpha value is -1.43. The summed E-state index contributed by atoms with van der Waals surface area (Å²) in [5.41, 5.74) is 0. The average molecular weight is 346 g/mol. The Balaban J connectivity index is 1.11. The summed E-state index contributed by atoms with van der Waals surface area (Å²) in [7, 11) is 0. The van der Waals surface area contributed by atoms with Gasteiger partial charge in [0.1, 0.15) is 0 Å². The molecule has 6 heteroatoms. The summed E-state index contributed by atoms with van der Waals surface area (Å²) in [4.78, 5) is 19.1. The molecule has 4 rings (SSSR count). The third-order valence-electron chi connectivity index (χ3n) is 5.85.